The Kier molecular flexibility index (Phi) is 4.83. The van der Waals surface area contributed by atoms with Crippen molar-refractivity contribution >= 4 is 5.96 Å². The summed E-state index contributed by atoms with van der Waals surface area (Å²) in [5.41, 5.74) is 0. The lowest BCUT2D eigenvalue weighted by Crippen LogP contribution is -2.49. The fourth-order valence-corrected chi connectivity index (χ4v) is 3.17. The van der Waals surface area contributed by atoms with E-state index in [-0.39, 0.29) is 6.10 Å². The van der Waals surface area contributed by atoms with Gasteiger partial charge in [-0.3, -0.25) is 4.99 Å². The van der Waals surface area contributed by atoms with Crippen molar-refractivity contribution in [2.24, 2.45) is 4.99 Å². The van der Waals surface area contributed by atoms with Crippen molar-refractivity contribution in [3.05, 3.63) is 30.3 Å². The summed E-state index contributed by atoms with van der Waals surface area (Å²) >= 11 is 0. The summed E-state index contributed by atoms with van der Waals surface area (Å²) < 4.78 is 11.7. The molecule has 2 saturated heterocycles. The molecule has 22 heavy (non-hydrogen) atoms. The zero-order valence-electron chi connectivity index (χ0n) is 13.3. The molecule has 2 aliphatic heterocycles. The van der Waals surface area contributed by atoms with Crippen molar-refractivity contribution in [3.8, 4) is 5.75 Å². The van der Waals surface area contributed by atoms with Gasteiger partial charge in [0.2, 0.25) is 0 Å². The molecule has 0 aliphatic carbocycles. The lowest BCUT2D eigenvalue weighted by Gasteiger charge is -2.23. The van der Waals surface area contributed by atoms with E-state index >= 15 is 0 Å². The Bertz CT molecular complexity index is 506. The van der Waals surface area contributed by atoms with Crippen LogP contribution in [0.5, 0.6) is 5.75 Å². The first-order chi connectivity index (χ1) is 10.7. The molecule has 0 aromatic heterocycles. The van der Waals surface area contributed by atoms with Crippen LogP contribution in [0.1, 0.15) is 26.2 Å². The van der Waals surface area contributed by atoms with Crippen LogP contribution in [0, 0.1) is 0 Å². The number of guanidine groups is 1. The van der Waals surface area contributed by atoms with Gasteiger partial charge in [0, 0.05) is 7.05 Å². The predicted octanol–water partition coefficient (Wildman–Crippen LogP) is 1.94. The summed E-state index contributed by atoms with van der Waals surface area (Å²) in [6.07, 6.45) is 4.31. The quantitative estimate of drug-likeness (QED) is 0.645. The molecule has 0 radical (unpaired) electrons. The molecule has 0 saturated carbocycles. The molecule has 0 spiro atoms. The average molecular weight is 303 g/mol. The minimum atomic E-state index is 0.0669. The number of nitrogens with one attached hydrogen (secondary N) is 2. The highest BCUT2D eigenvalue weighted by molar-refractivity contribution is 5.80. The summed E-state index contributed by atoms with van der Waals surface area (Å²) in [5.74, 6) is 1.71. The van der Waals surface area contributed by atoms with Gasteiger partial charge in [0.25, 0.3) is 0 Å². The summed E-state index contributed by atoms with van der Waals surface area (Å²) in [6, 6.07) is 10.3. The second-order valence-corrected chi connectivity index (χ2v) is 6.06. The van der Waals surface area contributed by atoms with E-state index in [1.54, 1.807) is 7.05 Å². The zero-order valence-corrected chi connectivity index (χ0v) is 13.3. The maximum absolute atomic E-state index is 5.86. The van der Waals surface area contributed by atoms with Crippen LogP contribution in [0.15, 0.2) is 35.3 Å². The van der Waals surface area contributed by atoms with Gasteiger partial charge >= 0.3 is 0 Å². The van der Waals surface area contributed by atoms with Gasteiger partial charge in [0.1, 0.15) is 11.9 Å². The van der Waals surface area contributed by atoms with Gasteiger partial charge in [-0.1, -0.05) is 18.2 Å². The minimum absolute atomic E-state index is 0.0669. The van der Waals surface area contributed by atoms with Crippen LogP contribution in [0.3, 0.4) is 0 Å². The SMILES string of the molecule is CN=C(NCC(C)Oc1ccccc1)NC1CC2CCC1O2. The fraction of sp³-hybridized carbons (Fsp3) is 0.588. The molecule has 2 N–H and O–H groups in total. The molecule has 4 atom stereocenters. The second kappa shape index (κ2) is 7.01. The maximum Gasteiger partial charge on any atom is 0.191 e. The van der Waals surface area contributed by atoms with Crippen molar-refractivity contribution in [1.29, 1.82) is 0 Å². The number of hydrogen-bond acceptors (Lipinski definition) is 3. The Hall–Kier alpha value is -1.75. The first-order valence-electron chi connectivity index (χ1n) is 8.09. The predicted molar refractivity (Wildman–Crippen MR) is 87.3 cm³/mol. The van der Waals surface area contributed by atoms with E-state index < -0.39 is 0 Å². The van der Waals surface area contributed by atoms with Gasteiger partial charge in [-0.25, -0.2) is 0 Å². The molecule has 2 fully saturated rings. The van der Waals surface area contributed by atoms with Gasteiger partial charge < -0.3 is 20.1 Å². The van der Waals surface area contributed by atoms with E-state index in [1.807, 2.05) is 37.3 Å². The van der Waals surface area contributed by atoms with E-state index in [0.29, 0.717) is 24.8 Å². The largest absolute Gasteiger partial charge is 0.489 e. The third-order valence-corrected chi connectivity index (χ3v) is 4.29. The van der Waals surface area contributed by atoms with Crippen LogP contribution < -0.4 is 15.4 Å². The molecule has 5 nitrogen and oxygen atoms in total. The second-order valence-electron chi connectivity index (χ2n) is 6.06. The molecule has 4 unspecified atom stereocenters. The van der Waals surface area contributed by atoms with Crippen LogP contribution >= 0.6 is 0 Å². The molecule has 2 heterocycles. The Morgan fingerprint density at radius 3 is 2.82 bits per heavy atom. The molecular formula is C17H25N3O2. The highest BCUT2D eigenvalue weighted by Gasteiger charge is 2.41. The molecule has 0 amide bonds. The lowest BCUT2D eigenvalue weighted by molar-refractivity contribution is 0.0992. The van der Waals surface area contributed by atoms with E-state index in [0.717, 1.165) is 24.6 Å². The third-order valence-electron chi connectivity index (χ3n) is 4.29. The number of nitrogens with zero attached hydrogens (tertiary/aromatic N) is 1. The average Bonchev–Trinajstić information content (AvgIpc) is 3.15. The Morgan fingerprint density at radius 1 is 1.36 bits per heavy atom. The van der Waals surface area contributed by atoms with Gasteiger partial charge in [-0.15, -0.1) is 0 Å². The zero-order chi connectivity index (χ0) is 15.4. The van der Waals surface area contributed by atoms with Crippen LogP contribution in [-0.4, -0.2) is 43.9 Å². The highest BCUT2D eigenvalue weighted by atomic mass is 16.5. The Morgan fingerprint density at radius 2 is 2.18 bits per heavy atom. The molecule has 5 heteroatoms. The first kappa shape index (κ1) is 15.2. The van der Waals surface area contributed by atoms with Crippen LogP contribution in [0.25, 0.3) is 0 Å². The summed E-state index contributed by atoms with van der Waals surface area (Å²) in [6.45, 7) is 2.75. The number of rotatable bonds is 5. The number of ether oxygens (including phenoxy) is 2. The third kappa shape index (κ3) is 3.71. The summed E-state index contributed by atoms with van der Waals surface area (Å²) in [4.78, 5) is 4.30. The van der Waals surface area contributed by atoms with Crippen LogP contribution in [-0.2, 0) is 4.74 Å². The standard InChI is InChI=1S/C17H25N3O2/c1-12(21-13-6-4-3-5-7-13)11-19-17(18-2)20-15-10-14-8-9-16(15)22-14/h3-7,12,14-16H,8-11H2,1-2H3,(H2,18,19,20). The van der Waals surface area contributed by atoms with Crippen molar-refractivity contribution < 1.29 is 9.47 Å². The van der Waals surface area contributed by atoms with E-state index in [1.165, 1.54) is 6.42 Å². The van der Waals surface area contributed by atoms with Crippen molar-refractivity contribution in [1.82, 2.24) is 10.6 Å². The lowest BCUT2D eigenvalue weighted by atomic mass is 9.96. The van der Waals surface area contributed by atoms with Crippen LogP contribution in [0.2, 0.25) is 0 Å². The number of benzene rings is 1. The first-order valence-corrected chi connectivity index (χ1v) is 8.09. The number of para-hydroxylation sites is 1. The van der Waals surface area contributed by atoms with Crippen molar-refractivity contribution in [3.63, 3.8) is 0 Å². The topological polar surface area (TPSA) is 54.9 Å². The highest BCUT2D eigenvalue weighted by Crippen LogP contribution is 2.34. The monoisotopic (exact) mass is 303 g/mol. The number of hydrogen-bond donors (Lipinski definition) is 2. The van der Waals surface area contributed by atoms with E-state index in [9.17, 15) is 0 Å². The number of fused-ring (bicyclic) bond motifs is 2. The normalized spacial score (nSPS) is 28.5. The smallest absolute Gasteiger partial charge is 0.191 e. The van der Waals surface area contributed by atoms with E-state index in [2.05, 4.69) is 15.6 Å². The number of aliphatic imine (C=N–C) groups is 1. The fourth-order valence-electron chi connectivity index (χ4n) is 3.17. The molecule has 1 aromatic rings. The maximum atomic E-state index is 5.86. The molecular weight excluding hydrogens is 278 g/mol. The molecule has 2 aliphatic rings. The van der Waals surface area contributed by atoms with E-state index in [4.69, 9.17) is 9.47 Å². The summed E-state index contributed by atoms with van der Waals surface area (Å²) in [7, 11) is 1.80. The Labute approximate surface area is 132 Å². The molecule has 2 bridgehead atoms. The summed E-state index contributed by atoms with van der Waals surface area (Å²) in [5, 5.41) is 6.81. The Balaban J connectivity index is 1.43. The van der Waals surface area contributed by atoms with Crippen molar-refractivity contribution in [2.75, 3.05) is 13.6 Å². The molecule has 3 rings (SSSR count). The van der Waals surface area contributed by atoms with Crippen LogP contribution in [0.4, 0.5) is 0 Å². The molecule has 1 aromatic carbocycles. The van der Waals surface area contributed by atoms with Crippen molar-refractivity contribution in [2.45, 2.75) is 50.5 Å². The molecule has 120 valence electrons. The van der Waals surface area contributed by atoms with Gasteiger partial charge in [-0.05, 0) is 38.3 Å². The van der Waals surface area contributed by atoms with Gasteiger partial charge in [0.05, 0.1) is 24.8 Å². The van der Waals surface area contributed by atoms with Gasteiger partial charge in [-0.2, -0.15) is 0 Å². The minimum Gasteiger partial charge on any atom is -0.489 e. The van der Waals surface area contributed by atoms with Gasteiger partial charge in [0.15, 0.2) is 5.96 Å².